The first-order chi connectivity index (χ1) is 10.2. The summed E-state index contributed by atoms with van der Waals surface area (Å²) in [7, 11) is 0. The molecular formula is C17H18FNO2. The van der Waals surface area contributed by atoms with Gasteiger partial charge in [-0.05, 0) is 29.7 Å². The summed E-state index contributed by atoms with van der Waals surface area (Å²) >= 11 is 0. The molecular weight excluding hydrogens is 269 g/mol. The highest BCUT2D eigenvalue weighted by Crippen LogP contribution is 2.05. The van der Waals surface area contributed by atoms with Crippen molar-refractivity contribution < 1.29 is 14.3 Å². The second-order valence-electron chi connectivity index (χ2n) is 4.94. The summed E-state index contributed by atoms with van der Waals surface area (Å²) in [6.45, 7) is -0.121. The number of benzene rings is 2. The zero-order valence-electron chi connectivity index (χ0n) is 11.6. The molecule has 0 aliphatic heterocycles. The molecule has 0 aliphatic rings. The van der Waals surface area contributed by atoms with Crippen molar-refractivity contribution in [2.75, 3.05) is 6.61 Å². The van der Waals surface area contributed by atoms with E-state index in [-0.39, 0.29) is 30.8 Å². The number of rotatable bonds is 6. The molecule has 2 aromatic rings. The topological polar surface area (TPSA) is 49.3 Å². The Hall–Kier alpha value is -2.20. The lowest BCUT2D eigenvalue weighted by molar-refractivity contribution is -0.121. The van der Waals surface area contributed by atoms with E-state index in [9.17, 15) is 14.3 Å². The molecule has 2 rings (SSSR count). The number of aliphatic hydroxyl groups excluding tert-OH is 1. The fraction of sp³-hybridized carbons (Fsp3) is 0.235. The summed E-state index contributed by atoms with van der Waals surface area (Å²) in [6, 6.07) is 15.2. The molecule has 0 aromatic heterocycles. The Balaban J connectivity index is 1.89. The van der Waals surface area contributed by atoms with E-state index in [0.29, 0.717) is 6.42 Å². The Labute approximate surface area is 123 Å². The number of aliphatic hydroxyl groups is 1. The van der Waals surface area contributed by atoms with Crippen LogP contribution in [0.5, 0.6) is 0 Å². The third-order valence-electron chi connectivity index (χ3n) is 3.19. The van der Waals surface area contributed by atoms with Gasteiger partial charge in [-0.3, -0.25) is 4.79 Å². The number of amides is 1. The first-order valence-corrected chi connectivity index (χ1v) is 6.86. The maximum Gasteiger partial charge on any atom is 0.224 e. The van der Waals surface area contributed by atoms with Crippen LogP contribution in [-0.4, -0.2) is 23.7 Å². The van der Waals surface area contributed by atoms with Crippen molar-refractivity contribution >= 4 is 5.91 Å². The van der Waals surface area contributed by atoms with Crippen LogP contribution in [-0.2, 0) is 17.6 Å². The van der Waals surface area contributed by atoms with Crippen molar-refractivity contribution in [1.29, 1.82) is 0 Å². The number of hydrogen-bond donors (Lipinski definition) is 2. The molecule has 3 nitrogen and oxygen atoms in total. The lowest BCUT2D eigenvalue weighted by Gasteiger charge is -2.16. The van der Waals surface area contributed by atoms with Gasteiger partial charge in [0.1, 0.15) is 5.82 Å². The molecule has 0 bridgehead atoms. The molecule has 0 aliphatic carbocycles. The molecule has 21 heavy (non-hydrogen) atoms. The van der Waals surface area contributed by atoms with Crippen molar-refractivity contribution in [3.05, 3.63) is 71.5 Å². The molecule has 2 aromatic carbocycles. The molecule has 110 valence electrons. The van der Waals surface area contributed by atoms with Crippen molar-refractivity contribution in [3.8, 4) is 0 Å². The predicted octanol–water partition coefficient (Wildman–Crippen LogP) is 2.09. The summed E-state index contributed by atoms with van der Waals surface area (Å²) in [6.07, 6.45) is 0.748. The maximum absolute atomic E-state index is 12.8. The van der Waals surface area contributed by atoms with Gasteiger partial charge in [-0.25, -0.2) is 4.39 Å². The minimum absolute atomic E-state index is 0.121. The van der Waals surface area contributed by atoms with Crippen LogP contribution in [0.2, 0.25) is 0 Å². The Morgan fingerprint density at radius 2 is 1.71 bits per heavy atom. The Bertz CT molecular complexity index is 569. The van der Waals surface area contributed by atoms with Gasteiger partial charge in [-0.15, -0.1) is 0 Å². The summed E-state index contributed by atoms with van der Waals surface area (Å²) in [5, 5.41) is 12.2. The van der Waals surface area contributed by atoms with Crippen molar-refractivity contribution in [2.24, 2.45) is 0 Å². The normalized spacial score (nSPS) is 11.9. The molecule has 0 radical (unpaired) electrons. The van der Waals surface area contributed by atoms with E-state index in [0.717, 1.165) is 11.1 Å². The fourth-order valence-corrected chi connectivity index (χ4v) is 2.13. The summed E-state index contributed by atoms with van der Waals surface area (Å²) in [5.74, 6) is -0.506. The second kappa shape index (κ2) is 7.55. The quantitative estimate of drug-likeness (QED) is 0.854. The average molecular weight is 287 g/mol. The molecule has 1 atom stereocenters. The number of carbonyl (C=O) groups excluding carboxylic acids is 1. The smallest absolute Gasteiger partial charge is 0.224 e. The molecule has 0 heterocycles. The molecule has 0 saturated carbocycles. The summed E-state index contributed by atoms with van der Waals surface area (Å²) < 4.78 is 12.8. The highest BCUT2D eigenvalue weighted by molar-refractivity contribution is 5.78. The van der Waals surface area contributed by atoms with Gasteiger partial charge in [0.25, 0.3) is 0 Å². The van der Waals surface area contributed by atoms with Crippen LogP contribution in [0, 0.1) is 5.82 Å². The maximum atomic E-state index is 12.8. The molecule has 0 saturated heterocycles. The van der Waals surface area contributed by atoms with Gasteiger partial charge in [0.2, 0.25) is 5.91 Å². The Morgan fingerprint density at radius 1 is 1.05 bits per heavy atom. The van der Waals surface area contributed by atoms with Gasteiger partial charge < -0.3 is 10.4 Å². The van der Waals surface area contributed by atoms with E-state index in [2.05, 4.69) is 5.32 Å². The molecule has 0 fully saturated rings. The van der Waals surface area contributed by atoms with E-state index in [4.69, 9.17) is 0 Å². The molecule has 1 amide bonds. The Kier molecular flexibility index (Phi) is 5.46. The Morgan fingerprint density at radius 3 is 2.33 bits per heavy atom. The van der Waals surface area contributed by atoms with Gasteiger partial charge >= 0.3 is 0 Å². The standard InChI is InChI=1S/C17H18FNO2/c18-15-8-6-14(7-9-15)11-17(21)19-16(12-20)10-13-4-2-1-3-5-13/h1-9,16,20H,10-12H2,(H,19,21)/t16-/m0/s1. The predicted molar refractivity (Wildman–Crippen MR) is 79.3 cm³/mol. The van der Waals surface area contributed by atoms with Crippen LogP contribution in [0.1, 0.15) is 11.1 Å². The number of nitrogens with one attached hydrogen (secondary N) is 1. The third kappa shape index (κ3) is 5.00. The molecule has 4 heteroatoms. The first-order valence-electron chi connectivity index (χ1n) is 6.86. The number of hydrogen-bond acceptors (Lipinski definition) is 2. The van der Waals surface area contributed by atoms with Gasteiger partial charge in [0.15, 0.2) is 0 Å². The van der Waals surface area contributed by atoms with E-state index in [1.54, 1.807) is 12.1 Å². The van der Waals surface area contributed by atoms with Gasteiger partial charge in [-0.1, -0.05) is 42.5 Å². The number of carbonyl (C=O) groups is 1. The van der Waals surface area contributed by atoms with Crippen LogP contribution in [0.3, 0.4) is 0 Å². The molecule has 0 unspecified atom stereocenters. The summed E-state index contributed by atoms with van der Waals surface area (Å²) in [5.41, 5.74) is 1.80. The lowest BCUT2D eigenvalue weighted by atomic mass is 10.1. The first kappa shape index (κ1) is 15.2. The lowest BCUT2D eigenvalue weighted by Crippen LogP contribution is -2.39. The van der Waals surface area contributed by atoms with Crippen LogP contribution in [0.15, 0.2) is 54.6 Å². The van der Waals surface area contributed by atoms with E-state index < -0.39 is 0 Å². The van der Waals surface area contributed by atoms with Gasteiger partial charge in [0.05, 0.1) is 19.1 Å². The van der Waals surface area contributed by atoms with Gasteiger partial charge in [0, 0.05) is 0 Å². The second-order valence-corrected chi connectivity index (χ2v) is 4.94. The van der Waals surface area contributed by atoms with Gasteiger partial charge in [-0.2, -0.15) is 0 Å². The highest BCUT2D eigenvalue weighted by Gasteiger charge is 2.12. The minimum atomic E-state index is -0.323. The highest BCUT2D eigenvalue weighted by atomic mass is 19.1. The third-order valence-corrected chi connectivity index (χ3v) is 3.19. The van der Waals surface area contributed by atoms with E-state index in [1.165, 1.54) is 12.1 Å². The zero-order chi connectivity index (χ0) is 15.1. The van der Waals surface area contributed by atoms with Crippen molar-refractivity contribution in [1.82, 2.24) is 5.32 Å². The van der Waals surface area contributed by atoms with Crippen LogP contribution in [0.25, 0.3) is 0 Å². The molecule has 0 spiro atoms. The SMILES string of the molecule is O=C(Cc1ccc(F)cc1)N[C@H](CO)Cc1ccccc1. The monoisotopic (exact) mass is 287 g/mol. The van der Waals surface area contributed by atoms with Crippen LogP contribution < -0.4 is 5.32 Å². The largest absolute Gasteiger partial charge is 0.394 e. The zero-order valence-corrected chi connectivity index (χ0v) is 11.6. The summed E-state index contributed by atoms with van der Waals surface area (Å²) in [4.78, 5) is 11.9. The number of halogens is 1. The minimum Gasteiger partial charge on any atom is -0.394 e. The van der Waals surface area contributed by atoms with Crippen LogP contribution in [0.4, 0.5) is 4.39 Å². The molecule has 2 N–H and O–H groups in total. The van der Waals surface area contributed by atoms with E-state index in [1.807, 2.05) is 30.3 Å². The van der Waals surface area contributed by atoms with Crippen molar-refractivity contribution in [2.45, 2.75) is 18.9 Å². The van der Waals surface area contributed by atoms with Crippen molar-refractivity contribution in [3.63, 3.8) is 0 Å². The van der Waals surface area contributed by atoms with Crippen LogP contribution >= 0.6 is 0 Å². The fourth-order valence-electron chi connectivity index (χ4n) is 2.13. The average Bonchev–Trinajstić information content (AvgIpc) is 2.50. The van der Waals surface area contributed by atoms with E-state index >= 15 is 0 Å².